The number of nitrogens with one attached hydrogen (secondary N) is 1. The number of benzene rings is 1. The molecular weight excluding hydrogens is 242 g/mol. The molecule has 0 aromatic heterocycles. The Labute approximate surface area is 114 Å². The number of rotatable bonds is 3. The van der Waals surface area contributed by atoms with Gasteiger partial charge in [0.1, 0.15) is 12.0 Å². The molecule has 0 fully saturated rings. The smallest absolute Gasteiger partial charge is 0.147 e. The highest BCUT2D eigenvalue weighted by Crippen LogP contribution is 2.37. The molecule has 100 valence electrons. The second-order valence-electron chi connectivity index (χ2n) is 5.85. The quantitative estimate of drug-likeness (QED) is 0.839. The molecule has 0 saturated heterocycles. The van der Waals surface area contributed by atoms with E-state index < -0.39 is 0 Å². The van der Waals surface area contributed by atoms with E-state index in [1.54, 1.807) is 0 Å². The molecule has 1 atom stereocenters. The van der Waals surface area contributed by atoms with Crippen LogP contribution in [0.5, 0.6) is 5.75 Å². The van der Waals surface area contributed by atoms with Crippen LogP contribution in [0.15, 0.2) is 23.1 Å². The summed E-state index contributed by atoms with van der Waals surface area (Å²) in [4.78, 5) is 1.34. The summed E-state index contributed by atoms with van der Waals surface area (Å²) in [6, 6.07) is 6.40. The van der Waals surface area contributed by atoms with Crippen molar-refractivity contribution in [3.63, 3.8) is 0 Å². The van der Waals surface area contributed by atoms with Gasteiger partial charge in [0.05, 0.1) is 4.90 Å². The fourth-order valence-corrected chi connectivity index (χ4v) is 3.39. The normalized spacial score (nSPS) is 17.1. The molecule has 2 rings (SSSR count). The molecule has 18 heavy (non-hydrogen) atoms. The predicted molar refractivity (Wildman–Crippen MR) is 78.5 cm³/mol. The summed E-state index contributed by atoms with van der Waals surface area (Å²) in [5, 5.41) is 3.44. The van der Waals surface area contributed by atoms with Crippen LogP contribution in [0.25, 0.3) is 0 Å². The molecule has 0 spiro atoms. The van der Waals surface area contributed by atoms with Crippen LogP contribution in [0.4, 0.5) is 0 Å². The average molecular weight is 265 g/mol. The highest BCUT2D eigenvalue weighted by molar-refractivity contribution is 7.99. The zero-order chi connectivity index (χ0) is 13.2. The summed E-state index contributed by atoms with van der Waals surface area (Å²) < 4.78 is 6.06. The van der Waals surface area contributed by atoms with Crippen LogP contribution >= 0.6 is 11.8 Å². The standard InChI is InChI=1S/C15H23NOS/c1-11(16-15(2,3)4)17-13-9-5-7-12-8-6-10-18-14(12)13/h5,7,9,11,16H,6,8,10H2,1-4H3. The minimum absolute atomic E-state index is 0.0269. The Morgan fingerprint density at radius 2 is 2.11 bits per heavy atom. The third-order valence-electron chi connectivity index (χ3n) is 2.84. The van der Waals surface area contributed by atoms with Gasteiger partial charge in [0, 0.05) is 5.54 Å². The van der Waals surface area contributed by atoms with Gasteiger partial charge in [-0.05, 0) is 57.9 Å². The number of thioether (sulfide) groups is 1. The van der Waals surface area contributed by atoms with Crippen molar-refractivity contribution < 1.29 is 4.74 Å². The van der Waals surface area contributed by atoms with Crippen molar-refractivity contribution >= 4 is 11.8 Å². The highest BCUT2D eigenvalue weighted by atomic mass is 32.2. The molecule has 1 unspecified atom stereocenters. The molecule has 3 heteroatoms. The molecule has 0 bridgehead atoms. The van der Waals surface area contributed by atoms with Crippen molar-refractivity contribution in [1.29, 1.82) is 0 Å². The molecule has 1 heterocycles. The van der Waals surface area contributed by atoms with Crippen molar-refractivity contribution in [2.45, 2.75) is 57.2 Å². The number of hydrogen-bond acceptors (Lipinski definition) is 3. The Hall–Kier alpha value is -0.670. The predicted octanol–water partition coefficient (Wildman–Crippen LogP) is 3.84. The van der Waals surface area contributed by atoms with Gasteiger partial charge >= 0.3 is 0 Å². The first kappa shape index (κ1) is 13.8. The molecule has 0 radical (unpaired) electrons. The third-order valence-corrected chi connectivity index (χ3v) is 4.08. The van der Waals surface area contributed by atoms with Gasteiger partial charge in [0.25, 0.3) is 0 Å². The van der Waals surface area contributed by atoms with Gasteiger partial charge in [-0.3, -0.25) is 5.32 Å². The van der Waals surface area contributed by atoms with Crippen LogP contribution in [0.2, 0.25) is 0 Å². The molecular formula is C15H23NOS. The largest absolute Gasteiger partial charge is 0.474 e. The van der Waals surface area contributed by atoms with E-state index in [4.69, 9.17) is 4.74 Å². The summed E-state index contributed by atoms with van der Waals surface area (Å²) in [5.41, 5.74) is 1.51. The molecule has 2 nitrogen and oxygen atoms in total. The number of fused-ring (bicyclic) bond motifs is 1. The first-order valence-electron chi connectivity index (χ1n) is 6.65. The Kier molecular flexibility index (Phi) is 4.23. The van der Waals surface area contributed by atoms with Crippen molar-refractivity contribution in [2.24, 2.45) is 0 Å². The maximum absolute atomic E-state index is 6.06. The summed E-state index contributed by atoms with van der Waals surface area (Å²) in [6.07, 6.45) is 2.48. The number of aryl methyl sites for hydroxylation is 1. The molecule has 1 aliphatic rings. The molecule has 0 amide bonds. The van der Waals surface area contributed by atoms with Gasteiger partial charge in [-0.25, -0.2) is 0 Å². The van der Waals surface area contributed by atoms with Crippen LogP contribution in [-0.2, 0) is 6.42 Å². The Balaban J connectivity index is 2.09. The van der Waals surface area contributed by atoms with Gasteiger partial charge in [0.2, 0.25) is 0 Å². The van der Waals surface area contributed by atoms with Gasteiger partial charge in [0.15, 0.2) is 0 Å². The first-order chi connectivity index (χ1) is 8.46. The highest BCUT2D eigenvalue weighted by Gasteiger charge is 2.18. The van der Waals surface area contributed by atoms with Gasteiger partial charge in [-0.2, -0.15) is 0 Å². The van der Waals surface area contributed by atoms with Crippen molar-refractivity contribution in [1.82, 2.24) is 5.32 Å². The van der Waals surface area contributed by atoms with Crippen molar-refractivity contribution in [3.8, 4) is 5.75 Å². The first-order valence-corrected chi connectivity index (χ1v) is 7.63. The van der Waals surface area contributed by atoms with E-state index in [1.165, 1.54) is 29.1 Å². The lowest BCUT2D eigenvalue weighted by molar-refractivity contribution is 0.143. The van der Waals surface area contributed by atoms with Gasteiger partial charge < -0.3 is 4.74 Å². The van der Waals surface area contributed by atoms with Crippen LogP contribution < -0.4 is 10.1 Å². The Morgan fingerprint density at radius 1 is 1.33 bits per heavy atom. The topological polar surface area (TPSA) is 21.3 Å². The fourth-order valence-electron chi connectivity index (χ4n) is 2.28. The lowest BCUT2D eigenvalue weighted by Crippen LogP contribution is -2.44. The second kappa shape index (κ2) is 5.54. The van der Waals surface area contributed by atoms with Gasteiger partial charge in [-0.1, -0.05) is 12.1 Å². The maximum Gasteiger partial charge on any atom is 0.147 e. The molecule has 0 saturated carbocycles. The van der Waals surface area contributed by atoms with Gasteiger partial charge in [-0.15, -0.1) is 11.8 Å². The van der Waals surface area contributed by atoms with Crippen LogP contribution in [0, 0.1) is 0 Å². The number of ether oxygens (including phenoxy) is 1. The summed E-state index contributed by atoms with van der Waals surface area (Å²) >= 11 is 1.92. The maximum atomic E-state index is 6.06. The Morgan fingerprint density at radius 3 is 2.83 bits per heavy atom. The second-order valence-corrected chi connectivity index (χ2v) is 6.96. The van der Waals surface area contributed by atoms with E-state index in [0.717, 1.165) is 5.75 Å². The zero-order valence-electron chi connectivity index (χ0n) is 11.7. The van der Waals surface area contributed by atoms with E-state index >= 15 is 0 Å². The average Bonchev–Trinajstić information content (AvgIpc) is 2.27. The lowest BCUT2D eigenvalue weighted by atomic mass is 10.1. The molecule has 1 aliphatic heterocycles. The van der Waals surface area contributed by atoms with E-state index in [9.17, 15) is 0 Å². The summed E-state index contributed by atoms with van der Waals surface area (Å²) in [7, 11) is 0. The molecule has 1 N–H and O–H groups in total. The fraction of sp³-hybridized carbons (Fsp3) is 0.600. The van der Waals surface area contributed by atoms with Crippen molar-refractivity contribution in [2.75, 3.05) is 5.75 Å². The number of hydrogen-bond donors (Lipinski definition) is 1. The van der Waals surface area contributed by atoms with E-state index in [1.807, 2.05) is 11.8 Å². The summed E-state index contributed by atoms with van der Waals surface area (Å²) in [6.45, 7) is 8.53. The molecule has 1 aromatic carbocycles. The van der Waals surface area contributed by atoms with E-state index in [0.29, 0.717) is 0 Å². The summed E-state index contributed by atoms with van der Waals surface area (Å²) in [5.74, 6) is 2.23. The minimum Gasteiger partial charge on any atom is -0.474 e. The van der Waals surface area contributed by atoms with E-state index in [-0.39, 0.29) is 11.8 Å². The van der Waals surface area contributed by atoms with Crippen molar-refractivity contribution in [3.05, 3.63) is 23.8 Å². The van der Waals surface area contributed by atoms with E-state index in [2.05, 4.69) is 51.2 Å². The van der Waals surface area contributed by atoms with Crippen LogP contribution in [0.3, 0.4) is 0 Å². The lowest BCUT2D eigenvalue weighted by Gasteiger charge is -2.28. The molecule has 0 aliphatic carbocycles. The monoisotopic (exact) mass is 265 g/mol. The third kappa shape index (κ3) is 3.66. The SMILES string of the molecule is CC(NC(C)(C)C)Oc1cccc2c1SCCC2. The van der Waals surface area contributed by atoms with Crippen LogP contribution in [0.1, 0.15) is 39.7 Å². The Bertz CT molecular complexity index is 411. The molecule has 1 aromatic rings. The van der Waals surface area contributed by atoms with Crippen LogP contribution in [-0.4, -0.2) is 17.5 Å². The zero-order valence-corrected chi connectivity index (χ0v) is 12.6. The minimum atomic E-state index is 0.0269.